The molecule has 0 N–H and O–H groups in total. The number of esters is 2. The van der Waals surface area contributed by atoms with Crippen molar-refractivity contribution in [1.82, 2.24) is 0 Å². The van der Waals surface area contributed by atoms with Gasteiger partial charge in [-0.3, -0.25) is 9.59 Å². The van der Waals surface area contributed by atoms with E-state index in [0.717, 1.165) is 41.7 Å². The molecule has 3 rings (SSSR count). The summed E-state index contributed by atoms with van der Waals surface area (Å²) >= 11 is 0. The lowest BCUT2D eigenvalue weighted by Crippen LogP contribution is -2.36. The van der Waals surface area contributed by atoms with Crippen molar-refractivity contribution in [3.63, 3.8) is 0 Å². The summed E-state index contributed by atoms with van der Waals surface area (Å²) < 4.78 is 21.2. The van der Waals surface area contributed by atoms with Gasteiger partial charge in [-0.25, -0.2) is 0 Å². The van der Waals surface area contributed by atoms with Gasteiger partial charge < -0.3 is 18.9 Å². The molecule has 164 valence electrons. The number of hydrogen-bond donors (Lipinski definition) is 0. The van der Waals surface area contributed by atoms with Crippen LogP contribution in [0.5, 0.6) is 11.5 Å². The van der Waals surface area contributed by atoms with Gasteiger partial charge in [0.25, 0.3) is 0 Å². The number of methoxy groups -OCH3 is 4. The van der Waals surface area contributed by atoms with Gasteiger partial charge in [0.05, 0.1) is 28.4 Å². The van der Waals surface area contributed by atoms with E-state index in [4.69, 9.17) is 18.9 Å². The standard InChI is InChI=1S/C24H32O6/c1-23(2)9-8-10-24(3)19-15(11-14(27-4)12-18(19)28-5)16(20(23)24)13-17(21(25)29-6)22(26)30-7/h11-12,17H,8-10,13H2,1-7H3. The van der Waals surface area contributed by atoms with E-state index in [1.165, 1.54) is 19.8 Å². The Balaban J connectivity index is 2.29. The molecule has 0 aliphatic heterocycles. The number of fused-ring (bicyclic) bond motifs is 3. The number of allylic oxidation sites excluding steroid dienone is 2. The van der Waals surface area contributed by atoms with Gasteiger partial charge in [0.1, 0.15) is 11.5 Å². The molecule has 2 aliphatic carbocycles. The van der Waals surface area contributed by atoms with E-state index >= 15 is 0 Å². The highest BCUT2D eigenvalue weighted by Crippen LogP contribution is 2.63. The minimum Gasteiger partial charge on any atom is -0.497 e. The van der Waals surface area contributed by atoms with Crippen molar-refractivity contribution >= 4 is 17.5 Å². The van der Waals surface area contributed by atoms with Crippen LogP contribution >= 0.6 is 0 Å². The molecular formula is C24H32O6. The first-order valence-electron chi connectivity index (χ1n) is 10.3. The normalized spacial score (nSPS) is 21.7. The molecule has 6 heteroatoms. The van der Waals surface area contributed by atoms with Crippen LogP contribution in [0.3, 0.4) is 0 Å². The summed E-state index contributed by atoms with van der Waals surface area (Å²) in [5, 5.41) is 0. The van der Waals surface area contributed by atoms with E-state index in [1.54, 1.807) is 14.2 Å². The maximum atomic E-state index is 12.5. The summed E-state index contributed by atoms with van der Waals surface area (Å²) in [4.78, 5) is 24.9. The van der Waals surface area contributed by atoms with Crippen molar-refractivity contribution in [2.75, 3.05) is 28.4 Å². The van der Waals surface area contributed by atoms with Crippen LogP contribution in [0.4, 0.5) is 0 Å². The lowest BCUT2D eigenvalue weighted by Gasteiger charge is -2.45. The Morgan fingerprint density at radius 3 is 2.13 bits per heavy atom. The molecule has 0 spiro atoms. The number of rotatable bonds is 6. The van der Waals surface area contributed by atoms with Gasteiger partial charge >= 0.3 is 11.9 Å². The van der Waals surface area contributed by atoms with Gasteiger partial charge in [-0.05, 0) is 41.9 Å². The smallest absolute Gasteiger partial charge is 0.320 e. The zero-order chi connectivity index (χ0) is 22.3. The molecule has 30 heavy (non-hydrogen) atoms. The fraction of sp³-hybridized carbons (Fsp3) is 0.583. The summed E-state index contributed by atoms with van der Waals surface area (Å²) in [6, 6.07) is 3.90. The molecule has 2 aliphatic rings. The number of ether oxygens (including phenoxy) is 4. The highest BCUT2D eigenvalue weighted by atomic mass is 16.5. The van der Waals surface area contributed by atoms with Crippen LogP contribution in [0.15, 0.2) is 17.7 Å². The topological polar surface area (TPSA) is 71.1 Å². The first-order valence-corrected chi connectivity index (χ1v) is 10.3. The van der Waals surface area contributed by atoms with Crippen LogP contribution < -0.4 is 9.47 Å². The van der Waals surface area contributed by atoms with Crippen molar-refractivity contribution in [2.45, 2.75) is 51.9 Å². The van der Waals surface area contributed by atoms with Gasteiger partial charge in [0, 0.05) is 17.0 Å². The summed E-state index contributed by atoms with van der Waals surface area (Å²) in [6.07, 6.45) is 3.32. The quantitative estimate of drug-likeness (QED) is 0.509. The highest BCUT2D eigenvalue weighted by molar-refractivity contribution is 5.98. The Kier molecular flexibility index (Phi) is 5.89. The molecule has 1 aromatic rings. The molecule has 0 aromatic heterocycles. The number of carbonyl (C=O) groups is 2. The monoisotopic (exact) mass is 416 g/mol. The molecule has 1 saturated carbocycles. The molecule has 0 radical (unpaired) electrons. The molecule has 1 fully saturated rings. The Morgan fingerprint density at radius 2 is 1.60 bits per heavy atom. The number of hydrogen-bond acceptors (Lipinski definition) is 6. The fourth-order valence-electron chi connectivity index (χ4n) is 5.65. The molecule has 0 heterocycles. The van der Waals surface area contributed by atoms with Gasteiger partial charge in [0.2, 0.25) is 0 Å². The van der Waals surface area contributed by atoms with Crippen molar-refractivity contribution in [3.05, 3.63) is 28.8 Å². The lowest BCUT2D eigenvalue weighted by atomic mass is 9.59. The molecule has 0 bridgehead atoms. The van der Waals surface area contributed by atoms with Crippen LogP contribution in [0, 0.1) is 11.3 Å². The minimum absolute atomic E-state index is 0.0869. The van der Waals surface area contributed by atoms with E-state index in [0.29, 0.717) is 5.75 Å². The fourth-order valence-corrected chi connectivity index (χ4v) is 5.65. The van der Waals surface area contributed by atoms with Gasteiger partial charge in [-0.1, -0.05) is 32.8 Å². The molecule has 0 amide bonds. The van der Waals surface area contributed by atoms with Crippen LogP contribution in [0.1, 0.15) is 57.6 Å². The van der Waals surface area contributed by atoms with Crippen molar-refractivity contribution in [1.29, 1.82) is 0 Å². The minimum atomic E-state index is -1.02. The van der Waals surface area contributed by atoms with Crippen LogP contribution in [-0.4, -0.2) is 40.4 Å². The Labute approximate surface area is 178 Å². The third-order valence-electron chi connectivity index (χ3n) is 6.80. The van der Waals surface area contributed by atoms with Crippen LogP contribution in [-0.2, 0) is 24.5 Å². The summed E-state index contributed by atoms with van der Waals surface area (Å²) in [6.45, 7) is 6.72. The second-order valence-corrected chi connectivity index (χ2v) is 8.98. The number of benzene rings is 1. The third kappa shape index (κ3) is 3.36. The summed E-state index contributed by atoms with van der Waals surface area (Å²) in [7, 11) is 5.86. The third-order valence-corrected chi connectivity index (χ3v) is 6.80. The van der Waals surface area contributed by atoms with Gasteiger partial charge in [-0.15, -0.1) is 0 Å². The van der Waals surface area contributed by atoms with Crippen molar-refractivity contribution in [3.8, 4) is 11.5 Å². The molecule has 1 atom stereocenters. The Bertz CT molecular complexity index is 881. The number of carbonyl (C=O) groups excluding carboxylic acids is 2. The maximum absolute atomic E-state index is 12.5. The van der Waals surface area contributed by atoms with Crippen LogP contribution in [0.25, 0.3) is 5.57 Å². The molecule has 1 unspecified atom stereocenters. The first kappa shape index (κ1) is 22.2. The molecule has 6 nitrogen and oxygen atoms in total. The molecular weight excluding hydrogens is 384 g/mol. The predicted octanol–water partition coefficient (Wildman–Crippen LogP) is 4.29. The van der Waals surface area contributed by atoms with Gasteiger partial charge in [0.15, 0.2) is 5.92 Å². The largest absolute Gasteiger partial charge is 0.497 e. The second-order valence-electron chi connectivity index (χ2n) is 8.98. The van der Waals surface area contributed by atoms with Crippen molar-refractivity contribution < 1.29 is 28.5 Å². The van der Waals surface area contributed by atoms with E-state index < -0.39 is 17.9 Å². The van der Waals surface area contributed by atoms with E-state index in [9.17, 15) is 9.59 Å². The van der Waals surface area contributed by atoms with Gasteiger partial charge in [-0.2, -0.15) is 0 Å². The van der Waals surface area contributed by atoms with E-state index in [2.05, 4.69) is 20.8 Å². The Morgan fingerprint density at radius 1 is 0.967 bits per heavy atom. The molecule has 1 aromatic carbocycles. The predicted molar refractivity (Wildman–Crippen MR) is 114 cm³/mol. The first-order chi connectivity index (χ1) is 14.1. The van der Waals surface area contributed by atoms with Crippen molar-refractivity contribution in [2.24, 2.45) is 11.3 Å². The zero-order valence-corrected chi connectivity index (χ0v) is 19.0. The molecule has 0 saturated heterocycles. The SMILES string of the molecule is COC(=O)C(CC1=C2C(C)(C)CCCC2(C)c2c(OC)cc(OC)cc21)C(=O)OC. The average Bonchev–Trinajstić information content (AvgIpc) is 2.99. The lowest BCUT2D eigenvalue weighted by molar-refractivity contribution is -0.158. The summed E-state index contributed by atoms with van der Waals surface area (Å²) in [5.41, 5.74) is 4.03. The van der Waals surface area contributed by atoms with Crippen LogP contribution in [0.2, 0.25) is 0 Å². The Hall–Kier alpha value is -2.50. The summed E-state index contributed by atoms with van der Waals surface area (Å²) in [5.74, 6) is -0.754. The van der Waals surface area contributed by atoms with E-state index in [-0.39, 0.29) is 17.3 Å². The second kappa shape index (κ2) is 7.97. The zero-order valence-electron chi connectivity index (χ0n) is 19.0. The van der Waals surface area contributed by atoms with E-state index in [1.807, 2.05) is 12.1 Å². The maximum Gasteiger partial charge on any atom is 0.320 e. The average molecular weight is 417 g/mol. The highest BCUT2D eigenvalue weighted by Gasteiger charge is 2.52.